The summed E-state index contributed by atoms with van der Waals surface area (Å²) in [4.78, 5) is 0. The Hall–Kier alpha value is -4.49. The third-order valence-electron chi connectivity index (χ3n) is 7.09. The van der Waals surface area contributed by atoms with Crippen LogP contribution in [-0.2, 0) is 0 Å². The predicted octanol–water partition coefficient (Wildman–Crippen LogP) is 9.77. The lowest BCUT2D eigenvalue weighted by atomic mass is 9.84. The second-order valence-electron chi connectivity index (χ2n) is 9.04. The van der Waals surface area contributed by atoms with Crippen molar-refractivity contribution in [2.45, 2.75) is 0 Å². The van der Waals surface area contributed by atoms with E-state index in [1.807, 2.05) is 18.2 Å². The molecule has 0 aromatic heterocycles. The van der Waals surface area contributed by atoms with Gasteiger partial charge in [0.2, 0.25) is 0 Å². The van der Waals surface area contributed by atoms with Crippen molar-refractivity contribution < 1.29 is 4.39 Å². The summed E-state index contributed by atoms with van der Waals surface area (Å²) >= 11 is 0. The molecule has 1 heteroatoms. The van der Waals surface area contributed by atoms with E-state index in [1.165, 1.54) is 38.2 Å². The molecule has 7 aromatic carbocycles. The van der Waals surface area contributed by atoms with E-state index >= 15 is 0 Å². The van der Waals surface area contributed by atoms with Gasteiger partial charge in [-0.2, -0.15) is 0 Å². The summed E-state index contributed by atoms with van der Waals surface area (Å²) in [5.41, 5.74) is 4.78. The van der Waals surface area contributed by atoms with Crippen LogP contribution in [0.15, 0.2) is 127 Å². The number of hydrogen-bond acceptors (Lipinski definition) is 0. The first-order valence-electron chi connectivity index (χ1n) is 11.9. The molecule has 35 heavy (non-hydrogen) atoms. The summed E-state index contributed by atoms with van der Waals surface area (Å²) in [6.07, 6.45) is 0. The fourth-order valence-electron chi connectivity index (χ4n) is 5.62. The molecule has 0 heterocycles. The monoisotopic (exact) mass is 448 g/mol. The minimum Gasteiger partial charge on any atom is -0.207 e. The first-order chi connectivity index (χ1) is 17.3. The quantitative estimate of drug-likeness (QED) is 0.182. The molecule has 0 aliphatic heterocycles. The first kappa shape index (κ1) is 19.9. The van der Waals surface area contributed by atoms with Crippen molar-refractivity contribution in [2.24, 2.45) is 0 Å². The average molecular weight is 449 g/mol. The molecule has 0 radical (unpaired) electrons. The Kier molecular flexibility index (Phi) is 4.43. The molecular formula is C34H21F. The zero-order valence-electron chi connectivity index (χ0n) is 19.0. The molecule has 0 unspecified atom stereocenters. The van der Waals surface area contributed by atoms with E-state index in [1.54, 1.807) is 12.1 Å². The van der Waals surface area contributed by atoms with Gasteiger partial charge in [0.1, 0.15) is 5.82 Å². The van der Waals surface area contributed by atoms with Gasteiger partial charge in [-0.15, -0.1) is 0 Å². The second kappa shape index (κ2) is 7.78. The summed E-state index contributed by atoms with van der Waals surface area (Å²) in [6.45, 7) is 0. The third kappa shape index (κ3) is 3.05. The Balaban J connectivity index is 1.72. The average Bonchev–Trinajstić information content (AvgIpc) is 2.91. The maximum atomic E-state index is 14.4. The van der Waals surface area contributed by atoms with Crippen LogP contribution in [0.2, 0.25) is 0 Å². The summed E-state index contributed by atoms with van der Waals surface area (Å²) in [7, 11) is 0. The highest BCUT2D eigenvalue weighted by molar-refractivity contribution is 6.25. The van der Waals surface area contributed by atoms with Crippen molar-refractivity contribution >= 4 is 43.1 Å². The lowest BCUT2D eigenvalue weighted by molar-refractivity contribution is 0.630. The molecule has 0 N–H and O–H groups in total. The minimum absolute atomic E-state index is 0.214. The molecule has 0 atom stereocenters. The second-order valence-corrected chi connectivity index (χ2v) is 9.04. The number of hydrogen-bond donors (Lipinski definition) is 0. The maximum Gasteiger partial charge on any atom is 0.123 e. The summed E-state index contributed by atoms with van der Waals surface area (Å²) < 4.78 is 14.4. The molecule has 0 saturated heterocycles. The number of benzene rings is 7. The standard InChI is InChI=1S/C34H21F/c35-24-18-19-26-31(21-24)25-13-5-4-12-23(25)20-32(26)34-29-16-8-6-14-27(29)33(22-10-2-1-3-11-22)28-15-7-9-17-30(28)34/h1-21H. The van der Waals surface area contributed by atoms with Crippen molar-refractivity contribution in [3.63, 3.8) is 0 Å². The van der Waals surface area contributed by atoms with Gasteiger partial charge in [0.05, 0.1) is 0 Å². The molecule has 0 fully saturated rings. The molecular weight excluding hydrogens is 427 g/mol. The molecule has 7 aromatic rings. The van der Waals surface area contributed by atoms with E-state index in [-0.39, 0.29) is 5.82 Å². The van der Waals surface area contributed by atoms with E-state index in [4.69, 9.17) is 0 Å². The van der Waals surface area contributed by atoms with E-state index in [2.05, 4.69) is 97.1 Å². The van der Waals surface area contributed by atoms with Crippen LogP contribution in [0.1, 0.15) is 0 Å². The fourth-order valence-corrected chi connectivity index (χ4v) is 5.62. The van der Waals surface area contributed by atoms with Crippen LogP contribution in [-0.4, -0.2) is 0 Å². The molecule has 0 bridgehead atoms. The van der Waals surface area contributed by atoms with Crippen LogP contribution in [0.4, 0.5) is 4.39 Å². The summed E-state index contributed by atoms with van der Waals surface area (Å²) in [6, 6.07) is 43.6. The van der Waals surface area contributed by atoms with Gasteiger partial charge < -0.3 is 0 Å². The number of halogens is 1. The van der Waals surface area contributed by atoms with Gasteiger partial charge in [0.15, 0.2) is 0 Å². The number of rotatable bonds is 2. The third-order valence-corrected chi connectivity index (χ3v) is 7.09. The molecule has 0 aliphatic rings. The van der Waals surface area contributed by atoms with E-state index in [9.17, 15) is 4.39 Å². The first-order valence-corrected chi connectivity index (χ1v) is 11.9. The van der Waals surface area contributed by atoms with Gasteiger partial charge in [-0.3, -0.25) is 0 Å². The van der Waals surface area contributed by atoms with Crippen LogP contribution in [0.5, 0.6) is 0 Å². The minimum atomic E-state index is -0.214. The Morgan fingerprint density at radius 2 is 0.914 bits per heavy atom. The van der Waals surface area contributed by atoms with Gasteiger partial charge in [0.25, 0.3) is 0 Å². The van der Waals surface area contributed by atoms with E-state index < -0.39 is 0 Å². The smallest absolute Gasteiger partial charge is 0.123 e. The Morgan fingerprint density at radius 1 is 0.371 bits per heavy atom. The highest BCUT2D eigenvalue weighted by Gasteiger charge is 2.18. The molecule has 0 amide bonds. The highest BCUT2D eigenvalue weighted by atomic mass is 19.1. The van der Waals surface area contributed by atoms with Crippen LogP contribution in [0.3, 0.4) is 0 Å². The van der Waals surface area contributed by atoms with Crippen molar-refractivity contribution in [2.75, 3.05) is 0 Å². The molecule has 0 saturated carbocycles. The van der Waals surface area contributed by atoms with Gasteiger partial charge >= 0.3 is 0 Å². The molecule has 7 rings (SSSR count). The zero-order chi connectivity index (χ0) is 23.4. The largest absolute Gasteiger partial charge is 0.207 e. The Bertz CT molecular complexity index is 1840. The molecule has 164 valence electrons. The van der Waals surface area contributed by atoms with Crippen LogP contribution in [0.25, 0.3) is 65.3 Å². The summed E-state index contributed by atoms with van der Waals surface area (Å²) in [5.74, 6) is -0.214. The van der Waals surface area contributed by atoms with Crippen LogP contribution in [0, 0.1) is 5.82 Å². The van der Waals surface area contributed by atoms with Crippen LogP contribution < -0.4 is 0 Å². The van der Waals surface area contributed by atoms with Crippen molar-refractivity contribution in [1.29, 1.82) is 0 Å². The Labute approximate surface area is 202 Å². The lowest BCUT2D eigenvalue weighted by Crippen LogP contribution is -1.92. The molecule has 0 spiro atoms. The fraction of sp³-hybridized carbons (Fsp3) is 0. The number of fused-ring (bicyclic) bond motifs is 5. The van der Waals surface area contributed by atoms with Gasteiger partial charge in [0, 0.05) is 0 Å². The van der Waals surface area contributed by atoms with E-state index in [0.717, 1.165) is 27.1 Å². The van der Waals surface area contributed by atoms with E-state index in [0.29, 0.717) is 0 Å². The van der Waals surface area contributed by atoms with Crippen molar-refractivity contribution in [3.05, 3.63) is 133 Å². The van der Waals surface area contributed by atoms with Crippen LogP contribution >= 0.6 is 0 Å². The van der Waals surface area contributed by atoms with Crippen molar-refractivity contribution in [1.82, 2.24) is 0 Å². The van der Waals surface area contributed by atoms with Crippen molar-refractivity contribution in [3.8, 4) is 22.3 Å². The van der Waals surface area contributed by atoms with Gasteiger partial charge in [-0.25, -0.2) is 4.39 Å². The van der Waals surface area contributed by atoms with Gasteiger partial charge in [-0.05, 0) is 83.5 Å². The molecule has 0 aliphatic carbocycles. The lowest BCUT2D eigenvalue weighted by Gasteiger charge is -2.19. The Morgan fingerprint density at radius 3 is 1.57 bits per heavy atom. The normalized spacial score (nSPS) is 11.6. The zero-order valence-corrected chi connectivity index (χ0v) is 19.0. The SMILES string of the molecule is Fc1ccc2c(-c3c4ccccc4c(-c4ccccc4)c4ccccc34)cc3ccccc3c2c1. The summed E-state index contributed by atoms with van der Waals surface area (Å²) in [5, 5.41) is 9.02. The topological polar surface area (TPSA) is 0 Å². The highest BCUT2D eigenvalue weighted by Crippen LogP contribution is 2.46. The van der Waals surface area contributed by atoms with Gasteiger partial charge in [-0.1, -0.05) is 109 Å². The maximum absolute atomic E-state index is 14.4. The predicted molar refractivity (Wildman–Crippen MR) is 147 cm³/mol. The molecule has 0 nitrogen and oxygen atoms in total.